The molecule has 12 rings (SSSR count). The fourth-order valence-electron chi connectivity index (χ4n) is 9.40. The molecule has 4 heterocycles. The second-order valence-corrected chi connectivity index (χ2v) is 14.7. The lowest BCUT2D eigenvalue weighted by molar-refractivity contribution is 0.672. The number of fused-ring (bicyclic) bond motifs is 14. The zero-order chi connectivity index (χ0) is 39.5. The monoisotopic (exact) mass is 754 g/mol. The van der Waals surface area contributed by atoms with Crippen molar-refractivity contribution in [2.75, 3.05) is 5.73 Å². The summed E-state index contributed by atoms with van der Waals surface area (Å²) in [6.45, 7) is 0. The van der Waals surface area contributed by atoms with Gasteiger partial charge in [0, 0.05) is 43.4 Å². The zero-order valence-electron chi connectivity index (χ0n) is 31.0. The molecule has 0 atom stereocenters. The van der Waals surface area contributed by atoms with Gasteiger partial charge in [-0.05, 0) is 60.7 Å². The van der Waals surface area contributed by atoms with Gasteiger partial charge in [-0.25, -0.2) is 0 Å². The largest absolute Gasteiger partial charge is 0.455 e. The van der Waals surface area contributed by atoms with Crippen molar-refractivity contribution < 1.29 is 8.83 Å². The number of nitriles is 3. The van der Waals surface area contributed by atoms with E-state index in [1.165, 1.54) is 0 Å². The van der Waals surface area contributed by atoms with Crippen LogP contribution < -0.4 is 5.73 Å². The Balaban J connectivity index is 1.25. The summed E-state index contributed by atoms with van der Waals surface area (Å²) >= 11 is 0. The second-order valence-electron chi connectivity index (χ2n) is 14.7. The average Bonchev–Trinajstić information content (AvgIpc) is 4.03. The van der Waals surface area contributed by atoms with E-state index in [-0.39, 0.29) is 16.7 Å². The Bertz CT molecular complexity index is 3970. The minimum absolute atomic E-state index is 0.000842. The van der Waals surface area contributed by atoms with Crippen molar-refractivity contribution in [2.24, 2.45) is 0 Å². The van der Waals surface area contributed by atoms with Gasteiger partial charge in [0.15, 0.2) is 0 Å². The fraction of sp³-hybridized carbons (Fsp3) is 0. The molecule has 0 saturated carbocycles. The molecule has 0 spiro atoms. The van der Waals surface area contributed by atoms with E-state index in [1.54, 1.807) is 6.07 Å². The Hall–Kier alpha value is -8.77. The molecule has 12 aromatic rings. The van der Waals surface area contributed by atoms with Gasteiger partial charge in [0.25, 0.3) is 0 Å². The summed E-state index contributed by atoms with van der Waals surface area (Å²) in [5.41, 5.74) is 16.5. The lowest BCUT2D eigenvalue weighted by Gasteiger charge is -2.21. The summed E-state index contributed by atoms with van der Waals surface area (Å²) < 4.78 is 17.4. The number of para-hydroxylation sites is 5. The van der Waals surface area contributed by atoms with E-state index in [0.717, 1.165) is 87.5 Å². The van der Waals surface area contributed by atoms with E-state index in [1.807, 2.05) is 114 Å². The number of nitrogen functional groups attached to an aromatic ring is 1. The Morgan fingerprint density at radius 1 is 0.424 bits per heavy atom. The third-order valence-electron chi connectivity index (χ3n) is 11.8. The summed E-state index contributed by atoms with van der Waals surface area (Å²) in [5.74, 6) is 0. The number of anilines is 1. The minimum atomic E-state index is -0.000842. The standard InChI is InChI=1S/C51H26N6O2/c52-25-28-24-36(31-14-9-15-39(55)49(31)57-41-17-6-2-13-35(41)47-43(57)23-21-33-30-11-4-8-19-45(30)59-51(33)47)48(38(27-54)37(28)26-53)56-40-16-5-1-12-34(40)46-42(56)22-20-32-29-10-3-7-18-44(29)58-50(32)46/h1-24H,55H2. The number of hydrogen-bond donors (Lipinski definition) is 1. The quantitative estimate of drug-likeness (QED) is 0.178. The van der Waals surface area contributed by atoms with Crippen molar-refractivity contribution in [2.45, 2.75) is 0 Å². The molecule has 0 aliphatic carbocycles. The van der Waals surface area contributed by atoms with E-state index >= 15 is 0 Å². The van der Waals surface area contributed by atoms with Crippen molar-refractivity contribution in [3.8, 4) is 40.7 Å². The van der Waals surface area contributed by atoms with Gasteiger partial charge >= 0.3 is 0 Å². The lowest BCUT2D eigenvalue weighted by Crippen LogP contribution is -2.08. The van der Waals surface area contributed by atoms with E-state index < -0.39 is 0 Å². The summed E-state index contributed by atoms with van der Waals surface area (Å²) in [4.78, 5) is 0. The number of benzene rings is 8. The van der Waals surface area contributed by atoms with Gasteiger partial charge in [0.1, 0.15) is 40.5 Å². The SMILES string of the molecule is N#Cc1cc(-c2cccc(N)c2-n2c3ccccc3c3c4oc5ccccc5c4ccc32)c(-n2c3ccccc3c3c4oc5ccccc5c4ccc32)c(C#N)c1C#N. The van der Waals surface area contributed by atoms with Gasteiger partial charge in [-0.15, -0.1) is 0 Å². The number of furan rings is 2. The first-order chi connectivity index (χ1) is 29.1. The number of rotatable bonds is 3. The van der Waals surface area contributed by atoms with E-state index in [2.05, 4.69) is 53.1 Å². The molecule has 0 radical (unpaired) electrons. The Kier molecular flexibility index (Phi) is 6.53. The number of aromatic nitrogens is 2. The Morgan fingerprint density at radius 3 is 1.47 bits per heavy atom. The molecule has 0 amide bonds. The molecule has 8 nitrogen and oxygen atoms in total. The smallest absolute Gasteiger partial charge is 0.145 e. The minimum Gasteiger partial charge on any atom is -0.455 e. The maximum atomic E-state index is 11.1. The molecule has 0 aliphatic heterocycles. The lowest BCUT2D eigenvalue weighted by atomic mass is 9.91. The van der Waals surface area contributed by atoms with E-state index in [4.69, 9.17) is 14.6 Å². The van der Waals surface area contributed by atoms with Gasteiger partial charge in [-0.2, -0.15) is 15.8 Å². The molecule has 8 aromatic carbocycles. The molecule has 0 unspecified atom stereocenters. The van der Waals surface area contributed by atoms with Crippen LogP contribution in [0.3, 0.4) is 0 Å². The average molecular weight is 755 g/mol. The van der Waals surface area contributed by atoms with Crippen LogP contribution in [0.15, 0.2) is 154 Å². The Labute approximate surface area is 334 Å². The molecular weight excluding hydrogens is 729 g/mol. The van der Waals surface area contributed by atoms with Gasteiger partial charge in [0.2, 0.25) is 0 Å². The second kappa shape index (κ2) is 11.9. The van der Waals surface area contributed by atoms with Gasteiger partial charge in [-0.3, -0.25) is 0 Å². The van der Waals surface area contributed by atoms with Crippen LogP contribution in [0.25, 0.3) is 110 Å². The molecule has 8 heteroatoms. The van der Waals surface area contributed by atoms with Crippen LogP contribution in [0.4, 0.5) is 5.69 Å². The maximum absolute atomic E-state index is 11.1. The van der Waals surface area contributed by atoms with E-state index in [0.29, 0.717) is 28.2 Å². The predicted octanol–water partition coefficient (Wildman–Crippen LogP) is 12.5. The highest BCUT2D eigenvalue weighted by Crippen LogP contribution is 2.47. The maximum Gasteiger partial charge on any atom is 0.145 e. The van der Waals surface area contributed by atoms with E-state index in [9.17, 15) is 15.8 Å². The molecule has 0 saturated heterocycles. The highest BCUT2D eigenvalue weighted by atomic mass is 16.3. The molecule has 0 aliphatic rings. The normalized spacial score (nSPS) is 11.7. The summed E-state index contributed by atoms with van der Waals surface area (Å²) in [6, 6.07) is 54.6. The van der Waals surface area contributed by atoms with Crippen molar-refractivity contribution in [3.05, 3.63) is 162 Å². The van der Waals surface area contributed by atoms with Crippen molar-refractivity contribution in [3.63, 3.8) is 0 Å². The topological polar surface area (TPSA) is 134 Å². The molecule has 2 N–H and O–H groups in total. The molecule has 272 valence electrons. The molecule has 4 aromatic heterocycles. The molecule has 59 heavy (non-hydrogen) atoms. The van der Waals surface area contributed by atoms with Crippen LogP contribution >= 0.6 is 0 Å². The number of nitrogens with zero attached hydrogens (tertiary/aromatic N) is 5. The van der Waals surface area contributed by atoms with Crippen LogP contribution in [0.5, 0.6) is 0 Å². The zero-order valence-corrected chi connectivity index (χ0v) is 31.0. The first-order valence-electron chi connectivity index (χ1n) is 19.1. The number of hydrogen-bond acceptors (Lipinski definition) is 6. The molecule has 0 fully saturated rings. The Morgan fingerprint density at radius 2 is 0.932 bits per heavy atom. The highest BCUT2D eigenvalue weighted by molar-refractivity contribution is 6.25. The molecular formula is C51H26N6O2. The summed E-state index contributed by atoms with van der Waals surface area (Å²) in [7, 11) is 0. The number of nitrogens with two attached hydrogens (primary N) is 1. The first kappa shape index (κ1) is 32.5. The van der Waals surface area contributed by atoms with Crippen molar-refractivity contribution in [1.82, 2.24) is 9.13 Å². The van der Waals surface area contributed by atoms with Crippen LogP contribution in [0.1, 0.15) is 16.7 Å². The van der Waals surface area contributed by atoms with Crippen LogP contribution in [-0.4, -0.2) is 9.13 Å². The van der Waals surface area contributed by atoms with Crippen LogP contribution in [0.2, 0.25) is 0 Å². The third kappa shape index (κ3) is 4.22. The van der Waals surface area contributed by atoms with Crippen molar-refractivity contribution in [1.29, 1.82) is 15.8 Å². The summed E-state index contributed by atoms with van der Waals surface area (Å²) in [5, 5.41) is 40.0. The van der Waals surface area contributed by atoms with Gasteiger partial charge in [-0.1, -0.05) is 84.9 Å². The van der Waals surface area contributed by atoms with Gasteiger partial charge in [0.05, 0.1) is 66.6 Å². The fourth-order valence-corrected chi connectivity index (χ4v) is 9.40. The predicted molar refractivity (Wildman–Crippen MR) is 234 cm³/mol. The highest BCUT2D eigenvalue weighted by Gasteiger charge is 2.29. The van der Waals surface area contributed by atoms with Crippen LogP contribution in [0, 0.1) is 34.0 Å². The third-order valence-corrected chi connectivity index (χ3v) is 11.8. The van der Waals surface area contributed by atoms with Gasteiger partial charge < -0.3 is 23.7 Å². The van der Waals surface area contributed by atoms with Crippen LogP contribution in [-0.2, 0) is 0 Å². The molecule has 0 bridgehead atoms. The van der Waals surface area contributed by atoms with Crippen molar-refractivity contribution >= 4 is 93.2 Å². The summed E-state index contributed by atoms with van der Waals surface area (Å²) in [6.07, 6.45) is 0. The first-order valence-corrected chi connectivity index (χ1v) is 19.1.